The van der Waals surface area contributed by atoms with Gasteiger partial charge in [-0.05, 0) is 6.42 Å². The molecule has 0 saturated heterocycles. The lowest BCUT2D eigenvalue weighted by Gasteiger charge is -2.25. The average molecular weight is 296 g/mol. The molecule has 0 bridgehead atoms. The van der Waals surface area contributed by atoms with Crippen molar-refractivity contribution in [3.63, 3.8) is 0 Å². The Morgan fingerprint density at radius 2 is 1.10 bits per heavy atom. The summed E-state index contributed by atoms with van der Waals surface area (Å²) in [6.07, 6.45) is 3.81. The van der Waals surface area contributed by atoms with Crippen molar-refractivity contribution < 1.29 is 28.6 Å². The molecule has 0 radical (unpaired) electrons. The number of hydrogen-bond acceptors (Lipinski definition) is 6. The van der Waals surface area contributed by atoms with Gasteiger partial charge in [0.15, 0.2) is 0 Å². The highest BCUT2D eigenvalue weighted by Crippen LogP contribution is 2.28. The Morgan fingerprint density at radius 1 is 0.810 bits per heavy atom. The van der Waals surface area contributed by atoms with E-state index >= 15 is 0 Å². The number of rotatable bonds is 10. The summed E-state index contributed by atoms with van der Waals surface area (Å²) in [7, 11) is 0. The number of esters is 3. The summed E-state index contributed by atoms with van der Waals surface area (Å²) < 4.78 is 14.5. The maximum atomic E-state index is 12.1. The highest BCUT2D eigenvalue weighted by molar-refractivity contribution is 6.17. The van der Waals surface area contributed by atoms with Crippen LogP contribution in [0.4, 0.5) is 0 Å². The van der Waals surface area contributed by atoms with Gasteiger partial charge in [-0.1, -0.05) is 44.9 Å². The van der Waals surface area contributed by atoms with Crippen LogP contribution in [0.1, 0.15) is 13.3 Å². The SMILES string of the molecule is C=CCOC(=O)C(CC)(C(=O)OCC=C)C(=O)OCC=C. The van der Waals surface area contributed by atoms with Crippen LogP contribution in [0.25, 0.3) is 0 Å². The van der Waals surface area contributed by atoms with Crippen LogP contribution in [0.15, 0.2) is 38.0 Å². The van der Waals surface area contributed by atoms with Gasteiger partial charge in [-0.3, -0.25) is 14.4 Å². The standard InChI is InChI=1S/C15H20O6/c1-5-9-19-12(16)15(8-4,13(17)20-10-6-2)14(18)21-11-7-3/h5-7H,1-3,8-11H2,4H3. The van der Waals surface area contributed by atoms with E-state index in [-0.39, 0.29) is 26.2 Å². The summed E-state index contributed by atoms with van der Waals surface area (Å²) in [6.45, 7) is 11.3. The first-order chi connectivity index (χ1) is 10.0. The monoisotopic (exact) mass is 296 g/mol. The molecule has 116 valence electrons. The minimum atomic E-state index is -2.16. The second kappa shape index (κ2) is 9.52. The van der Waals surface area contributed by atoms with Gasteiger partial charge >= 0.3 is 17.9 Å². The third-order valence-corrected chi connectivity index (χ3v) is 2.57. The third kappa shape index (κ3) is 4.59. The van der Waals surface area contributed by atoms with Crippen LogP contribution in [-0.2, 0) is 28.6 Å². The lowest BCUT2D eigenvalue weighted by atomic mass is 9.85. The molecule has 0 aromatic carbocycles. The fourth-order valence-corrected chi connectivity index (χ4v) is 1.46. The maximum absolute atomic E-state index is 12.1. The zero-order chi connectivity index (χ0) is 16.3. The van der Waals surface area contributed by atoms with Crippen LogP contribution >= 0.6 is 0 Å². The van der Waals surface area contributed by atoms with Crippen molar-refractivity contribution in [2.75, 3.05) is 19.8 Å². The van der Waals surface area contributed by atoms with E-state index < -0.39 is 23.3 Å². The molecule has 6 nitrogen and oxygen atoms in total. The van der Waals surface area contributed by atoms with Crippen LogP contribution in [0.2, 0.25) is 0 Å². The minimum Gasteiger partial charge on any atom is -0.460 e. The zero-order valence-corrected chi connectivity index (χ0v) is 12.1. The molecule has 0 aliphatic heterocycles. The Labute approximate surface area is 124 Å². The maximum Gasteiger partial charge on any atom is 0.335 e. The van der Waals surface area contributed by atoms with Gasteiger partial charge in [0.2, 0.25) is 0 Å². The molecule has 0 saturated carbocycles. The predicted octanol–water partition coefficient (Wildman–Crippen LogP) is 1.57. The van der Waals surface area contributed by atoms with Gasteiger partial charge in [-0.15, -0.1) is 0 Å². The molecule has 0 aliphatic carbocycles. The van der Waals surface area contributed by atoms with E-state index in [0.717, 1.165) is 0 Å². The highest BCUT2D eigenvalue weighted by atomic mass is 16.6. The molecule has 0 heterocycles. The molecule has 0 aliphatic rings. The molecule has 0 fully saturated rings. The molecule has 0 amide bonds. The van der Waals surface area contributed by atoms with Gasteiger partial charge in [0, 0.05) is 0 Å². The Bertz CT molecular complexity index is 364. The van der Waals surface area contributed by atoms with Crippen molar-refractivity contribution >= 4 is 17.9 Å². The largest absolute Gasteiger partial charge is 0.460 e. The number of carbonyl (C=O) groups excluding carboxylic acids is 3. The Kier molecular flexibility index (Phi) is 8.45. The average Bonchev–Trinajstić information content (AvgIpc) is 2.49. The van der Waals surface area contributed by atoms with E-state index in [1.54, 1.807) is 0 Å². The Balaban J connectivity index is 5.44. The summed E-state index contributed by atoms with van der Waals surface area (Å²) in [4.78, 5) is 36.4. The van der Waals surface area contributed by atoms with Gasteiger partial charge < -0.3 is 14.2 Å². The topological polar surface area (TPSA) is 78.9 Å². The fraction of sp³-hybridized carbons (Fsp3) is 0.400. The zero-order valence-electron chi connectivity index (χ0n) is 12.1. The van der Waals surface area contributed by atoms with E-state index in [1.165, 1.54) is 25.2 Å². The lowest BCUT2D eigenvalue weighted by molar-refractivity contribution is -0.183. The molecule has 0 aromatic heterocycles. The van der Waals surface area contributed by atoms with Gasteiger partial charge in [0.05, 0.1) is 0 Å². The molecule has 21 heavy (non-hydrogen) atoms. The summed E-state index contributed by atoms with van der Waals surface area (Å²) in [5, 5.41) is 0. The van der Waals surface area contributed by atoms with Crippen LogP contribution in [0.3, 0.4) is 0 Å². The van der Waals surface area contributed by atoms with E-state index in [1.807, 2.05) is 0 Å². The molecule has 0 unspecified atom stereocenters. The summed E-state index contributed by atoms with van der Waals surface area (Å²) in [5.74, 6) is -3.10. The van der Waals surface area contributed by atoms with Crippen molar-refractivity contribution in [2.24, 2.45) is 5.41 Å². The van der Waals surface area contributed by atoms with Crippen LogP contribution < -0.4 is 0 Å². The van der Waals surface area contributed by atoms with E-state index in [9.17, 15) is 14.4 Å². The van der Waals surface area contributed by atoms with Gasteiger partial charge in [0.25, 0.3) is 5.41 Å². The van der Waals surface area contributed by atoms with Gasteiger partial charge in [0.1, 0.15) is 19.8 Å². The Hall–Kier alpha value is -2.37. The second-order valence-electron chi connectivity index (χ2n) is 3.92. The summed E-state index contributed by atoms with van der Waals surface area (Å²) in [5.41, 5.74) is -2.16. The molecule has 0 atom stereocenters. The van der Waals surface area contributed by atoms with Gasteiger partial charge in [-0.2, -0.15) is 0 Å². The lowest BCUT2D eigenvalue weighted by Crippen LogP contribution is -2.49. The highest BCUT2D eigenvalue weighted by Gasteiger charge is 2.56. The number of ether oxygens (including phenoxy) is 3. The quantitative estimate of drug-likeness (QED) is 0.263. The van der Waals surface area contributed by atoms with E-state index in [4.69, 9.17) is 14.2 Å². The van der Waals surface area contributed by atoms with Crippen molar-refractivity contribution in [3.8, 4) is 0 Å². The Morgan fingerprint density at radius 3 is 1.29 bits per heavy atom. The third-order valence-electron chi connectivity index (χ3n) is 2.57. The first kappa shape index (κ1) is 18.6. The summed E-state index contributed by atoms with van der Waals surface area (Å²) in [6, 6.07) is 0. The van der Waals surface area contributed by atoms with Crippen molar-refractivity contribution in [1.29, 1.82) is 0 Å². The first-order valence-corrected chi connectivity index (χ1v) is 6.35. The normalized spacial score (nSPS) is 10.1. The van der Waals surface area contributed by atoms with Crippen molar-refractivity contribution in [2.45, 2.75) is 13.3 Å². The molecular formula is C15H20O6. The molecule has 0 rings (SSSR count). The van der Waals surface area contributed by atoms with Gasteiger partial charge in [-0.25, -0.2) is 0 Å². The summed E-state index contributed by atoms with van der Waals surface area (Å²) >= 11 is 0. The molecular weight excluding hydrogens is 276 g/mol. The molecule has 6 heteroatoms. The van der Waals surface area contributed by atoms with E-state index in [2.05, 4.69) is 19.7 Å². The number of carbonyl (C=O) groups is 3. The predicted molar refractivity (Wildman–Crippen MR) is 76.2 cm³/mol. The van der Waals surface area contributed by atoms with Crippen LogP contribution in [0, 0.1) is 5.41 Å². The van der Waals surface area contributed by atoms with Crippen molar-refractivity contribution in [3.05, 3.63) is 38.0 Å². The van der Waals surface area contributed by atoms with Crippen molar-refractivity contribution in [1.82, 2.24) is 0 Å². The van der Waals surface area contributed by atoms with E-state index in [0.29, 0.717) is 0 Å². The fourth-order valence-electron chi connectivity index (χ4n) is 1.46. The first-order valence-electron chi connectivity index (χ1n) is 6.35. The minimum absolute atomic E-state index is 0.135. The number of hydrogen-bond donors (Lipinski definition) is 0. The second-order valence-corrected chi connectivity index (χ2v) is 3.92. The molecule has 0 N–H and O–H groups in total. The molecule has 0 aromatic rings. The van der Waals surface area contributed by atoms with Crippen LogP contribution in [-0.4, -0.2) is 37.7 Å². The smallest absolute Gasteiger partial charge is 0.335 e. The molecule has 0 spiro atoms. The van der Waals surface area contributed by atoms with Crippen LogP contribution in [0.5, 0.6) is 0 Å².